The number of benzene rings is 1. The molecule has 3 aliphatic rings. The average molecular weight is 462 g/mol. The molecular formula is C23H25F3N4O3. The highest BCUT2D eigenvalue weighted by molar-refractivity contribution is 5.80. The molecule has 7 nitrogen and oxygen atoms in total. The van der Waals surface area contributed by atoms with Gasteiger partial charge in [-0.3, -0.25) is 4.79 Å². The van der Waals surface area contributed by atoms with Crippen molar-refractivity contribution in [3.63, 3.8) is 0 Å². The van der Waals surface area contributed by atoms with Gasteiger partial charge in [-0.1, -0.05) is 18.2 Å². The summed E-state index contributed by atoms with van der Waals surface area (Å²) in [5.41, 5.74) is 0.655. The van der Waals surface area contributed by atoms with Gasteiger partial charge in [-0.2, -0.15) is 0 Å². The Morgan fingerprint density at radius 3 is 2.61 bits per heavy atom. The second kappa shape index (κ2) is 8.57. The van der Waals surface area contributed by atoms with E-state index in [0.29, 0.717) is 35.7 Å². The van der Waals surface area contributed by atoms with E-state index in [4.69, 9.17) is 9.47 Å². The van der Waals surface area contributed by atoms with Crippen LogP contribution in [0.25, 0.3) is 0 Å². The molecule has 1 spiro atoms. The molecule has 1 unspecified atom stereocenters. The third-order valence-electron chi connectivity index (χ3n) is 6.68. The van der Waals surface area contributed by atoms with Crippen LogP contribution in [0.15, 0.2) is 24.5 Å². The Labute approximate surface area is 189 Å². The molecule has 33 heavy (non-hydrogen) atoms. The van der Waals surface area contributed by atoms with Crippen molar-refractivity contribution < 1.29 is 27.4 Å². The van der Waals surface area contributed by atoms with E-state index < -0.39 is 30.1 Å². The molecule has 5 rings (SSSR count). The van der Waals surface area contributed by atoms with E-state index in [1.165, 1.54) is 18.5 Å². The van der Waals surface area contributed by atoms with Gasteiger partial charge in [0.2, 0.25) is 5.91 Å². The van der Waals surface area contributed by atoms with E-state index in [-0.39, 0.29) is 23.9 Å². The van der Waals surface area contributed by atoms with E-state index in [1.54, 1.807) is 6.92 Å². The number of hydrogen-bond acceptors (Lipinski definition) is 6. The summed E-state index contributed by atoms with van der Waals surface area (Å²) < 4.78 is 52.2. The minimum absolute atomic E-state index is 0.0198. The van der Waals surface area contributed by atoms with Gasteiger partial charge in [0.25, 0.3) is 6.43 Å². The van der Waals surface area contributed by atoms with Crippen molar-refractivity contribution in [2.45, 2.75) is 57.4 Å². The van der Waals surface area contributed by atoms with Crippen molar-refractivity contribution in [3.8, 4) is 0 Å². The van der Waals surface area contributed by atoms with Crippen molar-refractivity contribution in [1.29, 1.82) is 0 Å². The van der Waals surface area contributed by atoms with Gasteiger partial charge in [-0.25, -0.2) is 23.1 Å². The zero-order valence-corrected chi connectivity index (χ0v) is 18.1. The Morgan fingerprint density at radius 2 is 1.94 bits per heavy atom. The van der Waals surface area contributed by atoms with E-state index in [2.05, 4.69) is 20.6 Å². The predicted octanol–water partition coefficient (Wildman–Crippen LogP) is 3.98. The van der Waals surface area contributed by atoms with Crippen LogP contribution in [0.2, 0.25) is 0 Å². The van der Waals surface area contributed by atoms with Crippen molar-refractivity contribution in [2.24, 2.45) is 5.41 Å². The first kappa shape index (κ1) is 22.1. The summed E-state index contributed by atoms with van der Waals surface area (Å²) in [6.45, 7) is 2.39. The van der Waals surface area contributed by atoms with E-state index in [9.17, 15) is 18.0 Å². The van der Waals surface area contributed by atoms with Crippen molar-refractivity contribution in [2.75, 3.05) is 18.5 Å². The average Bonchev–Trinajstić information content (AvgIpc) is 3.62. The Balaban J connectivity index is 1.39. The first-order valence-electron chi connectivity index (χ1n) is 11.1. The highest BCUT2D eigenvalue weighted by Gasteiger charge is 2.63. The maximum Gasteiger partial charge on any atom is 0.266 e. The highest BCUT2D eigenvalue weighted by Crippen LogP contribution is 2.65. The fourth-order valence-electron chi connectivity index (χ4n) is 4.48. The van der Waals surface area contributed by atoms with Gasteiger partial charge in [0.15, 0.2) is 6.29 Å². The highest BCUT2D eigenvalue weighted by atomic mass is 19.3. The molecule has 2 aliphatic carbocycles. The monoisotopic (exact) mass is 462 g/mol. The number of halogens is 3. The number of rotatable bonds is 8. The van der Waals surface area contributed by atoms with Crippen molar-refractivity contribution in [1.82, 2.24) is 15.3 Å². The van der Waals surface area contributed by atoms with Crippen LogP contribution >= 0.6 is 0 Å². The SMILES string of the molecule is C[C@@H](Nc1ncnc(CC(=O)NC2CC23CC3)c1C1OCCO1)c1cccc(C(F)F)c1F. The minimum Gasteiger partial charge on any atom is -0.363 e. The van der Waals surface area contributed by atoms with Crippen LogP contribution in [0.4, 0.5) is 19.0 Å². The molecule has 2 aromatic rings. The lowest BCUT2D eigenvalue weighted by Gasteiger charge is -2.22. The fourth-order valence-corrected chi connectivity index (χ4v) is 4.48. The molecule has 0 radical (unpaired) electrons. The molecule has 2 heterocycles. The Kier molecular flexibility index (Phi) is 5.74. The van der Waals surface area contributed by atoms with Gasteiger partial charge in [0.05, 0.1) is 42.5 Å². The fraction of sp³-hybridized carbons (Fsp3) is 0.522. The standard InChI is InChI=1S/C23H25F3N4O3/c1-12(13-3-2-4-14(19(13)24)20(25)26)29-21-18(22-32-7-8-33-22)15(27-11-28-21)9-17(31)30-16-10-23(16)5-6-23/h2-4,11-12,16,20,22H,5-10H2,1H3,(H,30,31)(H,27,28,29)/t12-,16?/m1/s1. The first-order valence-corrected chi connectivity index (χ1v) is 11.1. The molecule has 2 saturated carbocycles. The summed E-state index contributed by atoms with van der Waals surface area (Å²) in [6, 6.07) is 3.44. The zero-order chi connectivity index (χ0) is 23.2. The number of aromatic nitrogens is 2. The quantitative estimate of drug-likeness (QED) is 0.617. The maximum absolute atomic E-state index is 14.7. The summed E-state index contributed by atoms with van der Waals surface area (Å²) in [5, 5.41) is 6.13. The van der Waals surface area contributed by atoms with Crippen LogP contribution in [0.3, 0.4) is 0 Å². The van der Waals surface area contributed by atoms with E-state index in [0.717, 1.165) is 25.3 Å². The lowest BCUT2D eigenvalue weighted by atomic mass is 10.0. The zero-order valence-electron chi connectivity index (χ0n) is 18.1. The van der Waals surface area contributed by atoms with Crippen LogP contribution in [-0.2, 0) is 20.7 Å². The van der Waals surface area contributed by atoms with Crippen LogP contribution in [0.1, 0.15) is 67.3 Å². The summed E-state index contributed by atoms with van der Waals surface area (Å²) in [4.78, 5) is 21.2. The second-order valence-corrected chi connectivity index (χ2v) is 8.94. The van der Waals surface area contributed by atoms with Crippen LogP contribution in [-0.4, -0.2) is 35.1 Å². The summed E-state index contributed by atoms with van der Waals surface area (Å²) >= 11 is 0. The molecule has 3 fully saturated rings. The molecule has 0 bridgehead atoms. The van der Waals surface area contributed by atoms with Gasteiger partial charge in [-0.05, 0) is 31.6 Å². The number of alkyl halides is 2. The number of carbonyl (C=O) groups is 1. The van der Waals surface area contributed by atoms with Gasteiger partial charge in [-0.15, -0.1) is 0 Å². The Morgan fingerprint density at radius 1 is 1.21 bits per heavy atom. The number of hydrogen-bond donors (Lipinski definition) is 2. The molecule has 1 saturated heterocycles. The van der Waals surface area contributed by atoms with Gasteiger partial charge < -0.3 is 20.1 Å². The summed E-state index contributed by atoms with van der Waals surface area (Å²) in [6.07, 6.45) is 0.978. The summed E-state index contributed by atoms with van der Waals surface area (Å²) in [7, 11) is 0. The topological polar surface area (TPSA) is 85.4 Å². The third-order valence-corrected chi connectivity index (χ3v) is 6.68. The minimum atomic E-state index is -2.92. The predicted molar refractivity (Wildman–Crippen MR) is 112 cm³/mol. The number of nitrogens with zero attached hydrogens (tertiary/aromatic N) is 2. The normalized spacial score (nSPS) is 21.9. The van der Waals surface area contributed by atoms with Gasteiger partial charge in [0, 0.05) is 11.6 Å². The Hall–Kier alpha value is -2.72. The number of anilines is 1. The number of amides is 1. The molecule has 1 amide bonds. The molecule has 10 heteroatoms. The van der Waals surface area contributed by atoms with Crippen LogP contribution in [0, 0.1) is 11.2 Å². The smallest absolute Gasteiger partial charge is 0.266 e. The molecule has 2 atom stereocenters. The maximum atomic E-state index is 14.7. The summed E-state index contributed by atoms with van der Waals surface area (Å²) in [5.74, 6) is -0.801. The molecule has 2 N–H and O–H groups in total. The second-order valence-electron chi connectivity index (χ2n) is 8.94. The first-order chi connectivity index (χ1) is 15.9. The van der Waals surface area contributed by atoms with Crippen molar-refractivity contribution in [3.05, 3.63) is 52.7 Å². The number of nitrogens with one attached hydrogen (secondary N) is 2. The Bertz CT molecular complexity index is 1060. The van der Waals surface area contributed by atoms with E-state index >= 15 is 0 Å². The molecule has 1 aliphatic heterocycles. The number of carbonyl (C=O) groups excluding carboxylic acids is 1. The number of ether oxygens (including phenoxy) is 2. The van der Waals surface area contributed by atoms with E-state index in [1.807, 2.05) is 0 Å². The van der Waals surface area contributed by atoms with Crippen LogP contribution < -0.4 is 10.6 Å². The molecular weight excluding hydrogens is 437 g/mol. The van der Waals surface area contributed by atoms with Crippen LogP contribution in [0.5, 0.6) is 0 Å². The van der Waals surface area contributed by atoms with Gasteiger partial charge in [0.1, 0.15) is 18.0 Å². The molecule has 176 valence electrons. The lowest BCUT2D eigenvalue weighted by molar-refractivity contribution is -0.120. The third kappa shape index (κ3) is 4.41. The lowest BCUT2D eigenvalue weighted by Crippen LogP contribution is -2.29. The van der Waals surface area contributed by atoms with Gasteiger partial charge >= 0.3 is 0 Å². The largest absolute Gasteiger partial charge is 0.363 e. The van der Waals surface area contributed by atoms with Crippen molar-refractivity contribution >= 4 is 11.7 Å². The molecule has 1 aromatic carbocycles. The molecule has 1 aromatic heterocycles.